The number of aliphatic imine (C=N–C) groups is 1. The van der Waals surface area contributed by atoms with Gasteiger partial charge in [0, 0.05) is 57.8 Å². The Labute approximate surface area is 200 Å². The predicted molar refractivity (Wildman–Crippen MR) is 136 cm³/mol. The van der Waals surface area contributed by atoms with Crippen LogP contribution in [0.2, 0.25) is 0 Å². The lowest BCUT2D eigenvalue weighted by molar-refractivity contribution is 0.109. The highest BCUT2D eigenvalue weighted by atomic mass is 127. The Hall–Kier alpha value is -1.06. The van der Waals surface area contributed by atoms with Gasteiger partial charge >= 0.3 is 0 Å². The van der Waals surface area contributed by atoms with Gasteiger partial charge in [-0.15, -0.1) is 24.0 Å². The molecule has 1 aromatic carbocycles. The first-order valence-electron chi connectivity index (χ1n) is 11.3. The molecule has 2 unspecified atom stereocenters. The number of halogens is 1. The van der Waals surface area contributed by atoms with Gasteiger partial charge in [0.2, 0.25) is 0 Å². The van der Waals surface area contributed by atoms with Crippen LogP contribution in [0.1, 0.15) is 38.7 Å². The maximum Gasteiger partial charge on any atom is 0.193 e. The second kappa shape index (κ2) is 12.7. The average molecular weight is 530 g/mol. The van der Waals surface area contributed by atoms with Gasteiger partial charge in [-0.25, -0.2) is 0 Å². The highest BCUT2D eigenvalue weighted by Gasteiger charge is 2.26. The number of nitrogens with zero attached hydrogens (tertiary/aromatic N) is 4. The summed E-state index contributed by atoms with van der Waals surface area (Å²) in [7, 11) is 1.72. The molecule has 0 spiro atoms. The molecular weight excluding hydrogens is 489 g/mol. The number of hydrogen-bond acceptors (Lipinski definition) is 4. The summed E-state index contributed by atoms with van der Waals surface area (Å²) in [6, 6.07) is 9.03. The van der Waals surface area contributed by atoms with Crippen LogP contribution in [0.15, 0.2) is 29.3 Å². The number of likely N-dealkylation sites (tertiary alicyclic amines) is 1. The fourth-order valence-electron chi connectivity index (χ4n) is 4.38. The lowest BCUT2D eigenvalue weighted by atomic mass is 9.98. The number of guanidine groups is 1. The van der Waals surface area contributed by atoms with Crippen molar-refractivity contribution in [3.8, 4) is 5.75 Å². The second-order valence-corrected chi connectivity index (χ2v) is 8.22. The van der Waals surface area contributed by atoms with Crippen LogP contribution in [-0.4, -0.2) is 92.7 Å². The van der Waals surface area contributed by atoms with E-state index in [1.807, 2.05) is 0 Å². The maximum atomic E-state index is 5.29. The Bertz CT molecular complexity index is 645. The average Bonchev–Trinajstić information content (AvgIpc) is 3.26. The zero-order valence-electron chi connectivity index (χ0n) is 19.1. The van der Waals surface area contributed by atoms with Gasteiger partial charge in [-0.3, -0.25) is 9.89 Å². The van der Waals surface area contributed by atoms with E-state index in [1.54, 1.807) is 7.11 Å². The molecular formula is C23H40IN5O. The van der Waals surface area contributed by atoms with E-state index in [4.69, 9.17) is 9.73 Å². The molecule has 2 heterocycles. The normalized spacial score (nSPS) is 21.9. The summed E-state index contributed by atoms with van der Waals surface area (Å²) in [6.45, 7) is 16.4. The van der Waals surface area contributed by atoms with Crippen molar-refractivity contribution in [3.05, 3.63) is 29.8 Å². The smallest absolute Gasteiger partial charge is 0.193 e. The lowest BCUT2D eigenvalue weighted by Crippen LogP contribution is -2.50. The number of benzene rings is 1. The van der Waals surface area contributed by atoms with E-state index in [0.717, 1.165) is 57.5 Å². The second-order valence-electron chi connectivity index (χ2n) is 8.22. The van der Waals surface area contributed by atoms with Gasteiger partial charge in [-0.1, -0.05) is 19.1 Å². The van der Waals surface area contributed by atoms with Crippen LogP contribution in [0, 0.1) is 0 Å². The van der Waals surface area contributed by atoms with E-state index < -0.39 is 0 Å². The fraction of sp³-hybridized carbons (Fsp3) is 0.696. The summed E-state index contributed by atoms with van der Waals surface area (Å²) in [5.41, 5.74) is 1.39. The molecule has 170 valence electrons. The fourth-order valence-corrected chi connectivity index (χ4v) is 4.38. The number of hydrogen-bond donors (Lipinski definition) is 1. The summed E-state index contributed by atoms with van der Waals surface area (Å²) in [5, 5.41) is 3.52. The van der Waals surface area contributed by atoms with Crippen molar-refractivity contribution in [3.63, 3.8) is 0 Å². The van der Waals surface area contributed by atoms with Gasteiger partial charge < -0.3 is 19.9 Å². The molecule has 1 N–H and O–H groups in total. The zero-order valence-corrected chi connectivity index (χ0v) is 21.5. The third-order valence-electron chi connectivity index (χ3n) is 6.39. The van der Waals surface area contributed by atoms with Crippen LogP contribution in [0.3, 0.4) is 0 Å². The summed E-state index contributed by atoms with van der Waals surface area (Å²) in [5.74, 6) is 2.55. The first kappa shape index (κ1) is 25.2. The monoisotopic (exact) mass is 529 g/mol. The van der Waals surface area contributed by atoms with Crippen molar-refractivity contribution in [2.75, 3.05) is 66.0 Å². The molecule has 0 saturated carbocycles. The number of methoxy groups -OCH3 is 1. The van der Waals surface area contributed by atoms with E-state index in [2.05, 4.69) is 65.1 Å². The summed E-state index contributed by atoms with van der Waals surface area (Å²) in [6.07, 6.45) is 1.17. The highest BCUT2D eigenvalue weighted by Crippen LogP contribution is 2.28. The molecule has 2 aliphatic rings. The summed E-state index contributed by atoms with van der Waals surface area (Å²) in [4.78, 5) is 12.6. The molecule has 0 radical (unpaired) electrons. The SMILES string of the molecule is CCNC(=NCC(C)N1CCN(CC)CC1)N1CCC(c2ccc(OC)cc2)C1.I. The standard InChI is InChI=1S/C23H39N5O.HI/c1-5-24-23(25-17-19(3)27-15-13-26(6-2)14-16-27)28-12-11-21(18-28)20-7-9-22(29-4)10-8-20;/h7-10,19,21H,5-6,11-18H2,1-4H3,(H,24,25);1H. The number of ether oxygens (including phenoxy) is 1. The van der Waals surface area contributed by atoms with Crippen molar-refractivity contribution in [2.24, 2.45) is 4.99 Å². The molecule has 0 amide bonds. The molecule has 3 rings (SSSR count). The Morgan fingerprint density at radius 1 is 1.13 bits per heavy atom. The topological polar surface area (TPSA) is 43.3 Å². The molecule has 0 bridgehead atoms. The first-order valence-corrected chi connectivity index (χ1v) is 11.3. The van der Waals surface area contributed by atoms with Crippen molar-refractivity contribution in [1.82, 2.24) is 20.0 Å². The van der Waals surface area contributed by atoms with Gasteiger partial charge in [0.05, 0.1) is 13.7 Å². The van der Waals surface area contributed by atoms with Crippen LogP contribution in [0.25, 0.3) is 0 Å². The minimum absolute atomic E-state index is 0. The Morgan fingerprint density at radius 2 is 1.83 bits per heavy atom. The van der Waals surface area contributed by atoms with E-state index >= 15 is 0 Å². The van der Waals surface area contributed by atoms with Gasteiger partial charge in [-0.05, 0) is 44.5 Å². The summed E-state index contributed by atoms with van der Waals surface area (Å²) >= 11 is 0. The zero-order chi connectivity index (χ0) is 20.6. The van der Waals surface area contributed by atoms with Crippen molar-refractivity contribution < 1.29 is 4.74 Å². The minimum atomic E-state index is 0. The predicted octanol–water partition coefficient (Wildman–Crippen LogP) is 3.09. The quantitative estimate of drug-likeness (QED) is 0.334. The van der Waals surface area contributed by atoms with Crippen LogP contribution >= 0.6 is 24.0 Å². The van der Waals surface area contributed by atoms with E-state index in [9.17, 15) is 0 Å². The molecule has 2 aliphatic heterocycles. The van der Waals surface area contributed by atoms with Crippen LogP contribution in [0.5, 0.6) is 5.75 Å². The third-order valence-corrected chi connectivity index (χ3v) is 6.39. The van der Waals surface area contributed by atoms with E-state index in [0.29, 0.717) is 12.0 Å². The van der Waals surface area contributed by atoms with Crippen LogP contribution in [-0.2, 0) is 0 Å². The molecule has 0 aromatic heterocycles. The van der Waals surface area contributed by atoms with Crippen molar-refractivity contribution in [1.29, 1.82) is 0 Å². The Morgan fingerprint density at radius 3 is 2.43 bits per heavy atom. The summed E-state index contributed by atoms with van der Waals surface area (Å²) < 4.78 is 5.29. The molecule has 2 atom stereocenters. The first-order chi connectivity index (χ1) is 14.1. The number of rotatable bonds is 7. The van der Waals surface area contributed by atoms with Gasteiger partial charge in [0.15, 0.2) is 5.96 Å². The molecule has 0 aliphatic carbocycles. The molecule has 2 fully saturated rings. The van der Waals surface area contributed by atoms with Crippen molar-refractivity contribution in [2.45, 2.75) is 39.2 Å². The lowest BCUT2D eigenvalue weighted by Gasteiger charge is -2.37. The third kappa shape index (κ3) is 6.72. The van der Waals surface area contributed by atoms with E-state index in [1.165, 1.54) is 25.1 Å². The number of piperazine rings is 1. The minimum Gasteiger partial charge on any atom is -0.497 e. The molecule has 2 saturated heterocycles. The molecule has 1 aromatic rings. The Balaban J connectivity index is 0.00000320. The van der Waals surface area contributed by atoms with Crippen LogP contribution in [0.4, 0.5) is 0 Å². The van der Waals surface area contributed by atoms with Gasteiger partial charge in [-0.2, -0.15) is 0 Å². The number of likely N-dealkylation sites (N-methyl/N-ethyl adjacent to an activating group) is 1. The number of nitrogens with one attached hydrogen (secondary N) is 1. The molecule has 30 heavy (non-hydrogen) atoms. The largest absolute Gasteiger partial charge is 0.497 e. The highest BCUT2D eigenvalue weighted by molar-refractivity contribution is 14.0. The maximum absolute atomic E-state index is 5.29. The Kier molecular flexibility index (Phi) is 10.7. The van der Waals surface area contributed by atoms with Crippen LogP contribution < -0.4 is 10.1 Å². The van der Waals surface area contributed by atoms with Crippen molar-refractivity contribution >= 4 is 29.9 Å². The van der Waals surface area contributed by atoms with Gasteiger partial charge in [0.1, 0.15) is 5.75 Å². The molecule has 7 heteroatoms. The van der Waals surface area contributed by atoms with E-state index in [-0.39, 0.29) is 24.0 Å². The molecule has 6 nitrogen and oxygen atoms in total. The van der Waals surface area contributed by atoms with Gasteiger partial charge in [0.25, 0.3) is 0 Å².